The molecule has 0 aliphatic carbocycles. The molecule has 17 heavy (non-hydrogen) atoms. The fourth-order valence-corrected chi connectivity index (χ4v) is 1.42. The fourth-order valence-electron chi connectivity index (χ4n) is 1.42. The van der Waals surface area contributed by atoms with Crippen molar-refractivity contribution < 1.29 is 14.3 Å². The topological polar surface area (TPSA) is 63.1 Å². The highest BCUT2D eigenvalue weighted by Crippen LogP contribution is 2.22. The Morgan fingerprint density at radius 1 is 1.29 bits per heavy atom. The summed E-state index contributed by atoms with van der Waals surface area (Å²) in [6, 6.07) is 4.94. The highest BCUT2D eigenvalue weighted by atomic mass is 19.1. The average molecular weight is 232 g/mol. The van der Waals surface area contributed by atoms with Crippen LogP contribution in [0.5, 0.6) is 0 Å². The maximum Gasteiger partial charge on any atom is 0.356 e. The van der Waals surface area contributed by atoms with Crippen LogP contribution in [-0.4, -0.2) is 21.0 Å². The molecule has 2 aromatic rings. The number of halogens is 1. The first kappa shape index (κ1) is 11.2. The first-order chi connectivity index (χ1) is 8.09. The van der Waals surface area contributed by atoms with Crippen molar-refractivity contribution in [3.05, 3.63) is 47.7 Å². The van der Waals surface area contributed by atoms with Gasteiger partial charge in [0.25, 0.3) is 0 Å². The van der Waals surface area contributed by atoms with Gasteiger partial charge in [-0.15, -0.1) is 0 Å². The van der Waals surface area contributed by atoms with Gasteiger partial charge in [0, 0.05) is 5.56 Å². The molecule has 5 heteroatoms. The summed E-state index contributed by atoms with van der Waals surface area (Å²) in [7, 11) is 0. The third-order valence-electron chi connectivity index (χ3n) is 2.34. The van der Waals surface area contributed by atoms with E-state index in [1.807, 2.05) is 0 Å². The number of hydrogen-bond acceptors (Lipinski definition) is 3. The zero-order chi connectivity index (χ0) is 12.4. The molecule has 0 radical (unpaired) electrons. The van der Waals surface area contributed by atoms with Gasteiger partial charge in [0.2, 0.25) is 0 Å². The molecule has 0 unspecified atom stereocenters. The smallest absolute Gasteiger partial charge is 0.356 e. The number of rotatable bonds is 2. The number of benzene rings is 1. The standard InChI is InChI=1S/C12H9FN2O2/c1-7-3-2-4-8(11(7)13)9-5-15-10(6-14-9)12(16)17/h2-6H,1H3,(H,16,17). The summed E-state index contributed by atoms with van der Waals surface area (Å²) in [4.78, 5) is 18.2. The monoisotopic (exact) mass is 232 g/mol. The zero-order valence-corrected chi connectivity index (χ0v) is 9.01. The van der Waals surface area contributed by atoms with E-state index in [1.54, 1.807) is 25.1 Å². The number of carbonyl (C=O) groups is 1. The molecule has 0 fully saturated rings. The minimum atomic E-state index is -1.16. The van der Waals surface area contributed by atoms with Gasteiger partial charge in [0.05, 0.1) is 18.1 Å². The van der Waals surface area contributed by atoms with Crippen molar-refractivity contribution >= 4 is 5.97 Å². The first-order valence-corrected chi connectivity index (χ1v) is 4.90. The first-order valence-electron chi connectivity index (χ1n) is 4.90. The van der Waals surface area contributed by atoms with Gasteiger partial charge in [-0.1, -0.05) is 12.1 Å². The summed E-state index contributed by atoms with van der Waals surface area (Å²) < 4.78 is 13.8. The molecule has 0 atom stereocenters. The van der Waals surface area contributed by atoms with Crippen molar-refractivity contribution in [1.29, 1.82) is 0 Å². The van der Waals surface area contributed by atoms with Gasteiger partial charge in [0.15, 0.2) is 5.69 Å². The Balaban J connectivity index is 2.47. The number of aryl methyl sites for hydroxylation is 1. The molecule has 0 spiro atoms. The summed E-state index contributed by atoms with van der Waals surface area (Å²) in [5.41, 5.74) is 0.971. The summed E-state index contributed by atoms with van der Waals surface area (Å²) in [6.45, 7) is 1.65. The molecule has 0 saturated carbocycles. The van der Waals surface area contributed by atoms with Crippen molar-refractivity contribution in [3.63, 3.8) is 0 Å². The Morgan fingerprint density at radius 2 is 2.06 bits per heavy atom. The minimum absolute atomic E-state index is 0.165. The lowest BCUT2D eigenvalue weighted by Gasteiger charge is -2.04. The normalized spacial score (nSPS) is 10.2. The van der Waals surface area contributed by atoms with E-state index >= 15 is 0 Å². The molecule has 86 valence electrons. The Kier molecular flexibility index (Phi) is 2.82. The highest BCUT2D eigenvalue weighted by molar-refractivity contribution is 5.85. The lowest BCUT2D eigenvalue weighted by molar-refractivity contribution is 0.0690. The van der Waals surface area contributed by atoms with E-state index in [2.05, 4.69) is 9.97 Å². The van der Waals surface area contributed by atoms with Gasteiger partial charge in [-0.2, -0.15) is 0 Å². The van der Waals surface area contributed by atoms with Gasteiger partial charge in [-0.05, 0) is 18.6 Å². The van der Waals surface area contributed by atoms with Crippen LogP contribution in [0.15, 0.2) is 30.6 Å². The van der Waals surface area contributed by atoms with Crippen LogP contribution in [0.3, 0.4) is 0 Å². The quantitative estimate of drug-likeness (QED) is 0.862. The average Bonchev–Trinajstić information content (AvgIpc) is 2.33. The Labute approximate surface area is 96.8 Å². The maximum absolute atomic E-state index is 13.8. The molecule has 4 nitrogen and oxygen atoms in total. The fraction of sp³-hybridized carbons (Fsp3) is 0.0833. The van der Waals surface area contributed by atoms with Crippen LogP contribution >= 0.6 is 0 Å². The third kappa shape index (κ3) is 2.13. The van der Waals surface area contributed by atoms with Gasteiger partial charge in [0.1, 0.15) is 5.82 Å². The van der Waals surface area contributed by atoms with Crippen LogP contribution in [0.25, 0.3) is 11.3 Å². The Hall–Kier alpha value is -2.30. The molecule has 0 amide bonds. The second kappa shape index (κ2) is 4.29. The summed E-state index contributed by atoms with van der Waals surface area (Å²) >= 11 is 0. The SMILES string of the molecule is Cc1cccc(-c2cnc(C(=O)O)cn2)c1F. The molecule has 1 N–H and O–H groups in total. The minimum Gasteiger partial charge on any atom is -0.476 e. The van der Waals surface area contributed by atoms with Crippen LogP contribution in [0, 0.1) is 12.7 Å². The molecular formula is C12H9FN2O2. The number of aromatic carboxylic acids is 1. The van der Waals surface area contributed by atoms with Crippen molar-refractivity contribution in [2.45, 2.75) is 6.92 Å². The van der Waals surface area contributed by atoms with E-state index in [-0.39, 0.29) is 11.5 Å². The largest absolute Gasteiger partial charge is 0.476 e. The molecule has 2 rings (SSSR count). The molecule has 0 aliphatic rings. The highest BCUT2D eigenvalue weighted by Gasteiger charge is 2.10. The summed E-state index contributed by atoms with van der Waals surface area (Å²) in [6.07, 6.45) is 2.36. The van der Waals surface area contributed by atoms with Crippen LogP contribution < -0.4 is 0 Å². The molecule has 0 aliphatic heterocycles. The molecule has 1 aromatic heterocycles. The lowest BCUT2D eigenvalue weighted by Crippen LogP contribution is -2.01. The van der Waals surface area contributed by atoms with Crippen LogP contribution in [0.2, 0.25) is 0 Å². The van der Waals surface area contributed by atoms with Gasteiger partial charge in [-0.3, -0.25) is 4.98 Å². The van der Waals surface area contributed by atoms with Crippen LogP contribution in [0.4, 0.5) is 4.39 Å². The van der Waals surface area contributed by atoms with E-state index in [9.17, 15) is 9.18 Å². The number of hydrogen-bond donors (Lipinski definition) is 1. The predicted octanol–water partition coefficient (Wildman–Crippen LogP) is 2.29. The van der Waals surface area contributed by atoms with E-state index in [0.29, 0.717) is 16.8 Å². The third-order valence-corrected chi connectivity index (χ3v) is 2.34. The molecule has 0 saturated heterocycles. The van der Waals surface area contributed by atoms with Gasteiger partial charge in [-0.25, -0.2) is 14.2 Å². The lowest BCUT2D eigenvalue weighted by atomic mass is 10.1. The predicted molar refractivity (Wildman–Crippen MR) is 59.1 cm³/mol. The molecular weight excluding hydrogens is 223 g/mol. The van der Waals surface area contributed by atoms with E-state index in [0.717, 1.165) is 6.20 Å². The van der Waals surface area contributed by atoms with Crippen molar-refractivity contribution in [3.8, 4) is 11.3 Å². The molecule has 1 heterocycles. The second-order valence-electron chi connectivity index (χ2n) is 3.53. The summed E-state index contributed by atoms with van der Waals surface area (Å²) in [5.74, 6) is -1.53. The Morgan fingerprint density at radius 3 is 2.65 bits per heavy atom. The Bertz CT molecular complexity index is 567. The van der Waals surface area contributed by atoms with Crippen molar-refractivity contribution in [1.82, 2.24) is 9.97 Å². The van der Waals surface area contributed by atoms with Gasteiger partial charge >= 0.3 is 5.97 Å². The number of aromatic nitrogens is 2. The maximum atomic E-state index is 13.8. The van der Waals surface area contributed by atoms with Gasteiger partial charge < -0.3 is 5.11 Å². The molecule has 1 aromatic carbocycles. The zero-order valence-electron chi connectivity index (χ0n) is 9.01. The second-order valence-corrected chi connectivity index (χ2v) is 3.53. The van der Waals surface area contributed by atoms with E-state index in [4.69, 9.17) is 5.11 Å². The van der Waals surface area contributed by atoms with E-state index < -0.39 is 5.97 Å². The van der Waals surface area contributed by atoms with Crippen LogP contribution in [0.1, 0.15) is 16.1 Å². The summed E-state index contributed by atoms with van der Waals surface area (Å²) in [5, 5.41) is 8.67. The van der Waals surface area contributed by atoms with E-state index in [1.165, 1.54) is 6.20 Å². The number of carboxylic acids is 1. The van der Waals surface area contributed by atoms with Crippen molar-refractivity contribution in [2.24, 2.45) is 0 Å². The number of carboxylic acid groups (broad SMARTS) is 1. The van der Waals surface area contributed by atoms with Crippen LogP contribution in [-0.2, 0) is 0 Å². The number of nitrogens with zero attached hydrogens (tertiary/aromatic N) is 2. The van der Waals surface area contributed by atoms with Crippen molar-refractivity contribution in [2.75, 3.05) is 0 Å². The molecule has 0 bridgehead atoms.